The second-order valence-corrected chi connectivity index (χ2v) is 5.97. The fraction of sp³-hybridized carbons (Fsp3) is 0.923. The average molecular weight is 293 g/mol. The maximum absolute atomic E-state index is 11.9. The Hall–Kier alpha value is -0.360. The van der Waals surface area contributed by atoms with Gasteiger partial charge in [-0.05, 0) is 12.8 Å². The maximum Gasteiger partial charge on any atom is 0.239 e. The zero-order valence-corrected chi connectivity index (χ0v) is 12.7. The van der Waals surface area contributed by atoms with Crippen LogP contribution in [0.1, 0.15) is 26.7 Å². The standard InChI is InChI=1S/C13H24N2O3.ClH/c1-13(2)10(8-5-4-6-18-11(8)13)15-12(16)9(14)7-17-3;/h8-11H,4-7,14H2,1-3H3,(H,15,16);1H. The van der Waals surface area contributed by atoms with Crippen molar-refractivity contribution in [2.24, 2.45) is 17.1 Å². The Balaban J connectivity index is 0.00000180. The lowest BCUT2D eigenvalue weighted by atomic mass is 9.55. The zero-order valence-electron chi connectivity index (χ0n) is 11.8. The smallest absolute Gasteiger partial charge is 0.239 e. The first kappa shape index (κ1) is 16.7. The highest BCUT2D eigenvalue weighted by atomic mass is 35.5. The summed E-state index contributed by atoms with van der Waals surface area (Å²) in [6, 6.07) is -0.424. The molecule has 4 unspecified atom stereocenters. The molecule has 4 atom stereocenters. The summed E-state index contributed by atoms with van der Waals surface area (Å²) in [5.74, 6) is 0.311. The van der Waals surface area contributed by atoms with Gasteiger partial charge in [-0.25, -0.2) is 0 Å². The Labute approximate surface area is 121 Å². The van der Waals surface area contributed by atoms with E-state index in [0.29, 0.717) is 5.92 Å². The monoisotopic (exact) mass is 292 g/mol. The second-order valence-electron chi connectivity index (χ2n) is 5.97. The molecule has 1 saturated carbocycles. The number of ether oxygens (including phenoxy) is 2. The third kappa shape index (κ3) is 3.05. The molecule has 0 aromatic heterocycles. The van der Waals surface area contributed by atoms with Crippen molar-refractivity contribution >= 4 is 18.3 Å². The summed E-state index contributed by atoms with van der Waals surface area (Å²) in [6.07, 6.45) is 2.47. The molecule has 112 valence electrons. The fourth-order valence-electron chi connectivity index (χ4n) is 3.33. The van der Waals surface area contributed by atoms with Gasteiger partial charge in [0, 0.05) is 31.1 Å². The molecule has 5 nitrogen and oxygen atoms in total. The van der Waals surface area contributed by atoms with Gasteiger partial charge in [0.25, 0.3) is 0 Å². The lowest BCUT2D eigenvalue weighted by Crippen LogP contribution is -2.71. The van der Waals surface area contributed by atoms with Crippen LogP contribution in [0.2, 0.25) is 0 Å². The minimum absolute atomic E-state index is 0. The van der Waals surface area contributed by atoms with Gasteiger partial charge in [-0.15, -0.1) is 12.4 Å². The molecule has 1 aliphatic carbocycles. The van der Waals surface area contributed by atoms with Crippen LogP contribution in [-0.4, -0.2) is 44.4 Å². The van der Waals surface area contributed by atoms with E-state index in [9.17, 15) is 4.79 Å². The predicted octanol–water partition coefficient (Wildman–Crippen LogP) is 0.702. The molecule has 6 heteroatoms. The Morgan fingerprint density at radius 1 is 1.58 bits per heavy atom. The van der Waals surface area contributed by atoms with Crippen molar-refractivity contribution < 1.29 is 14.3 Å². The van der Waals surface area contributed by atoms with E-state index in [0.717, 1.165) is 19.4 Å². The van der Waals surface area contributed by atoms with E-state index < -0.39 is 6.04 Å². The second kappa shape index (κ2) is 6.39. The van der Waals surface area contributed by atoms with Gasteiger partial charge in [0.1, 0.15) is 6.04 Å². The molecule has 0 bridgehead atoms. The summed E-state index contributed by atoms with van der Waals surface area (Å²) >= 11 is 0. The number of carbonyl (C=O) groups excluding carboxylic acids is 1. The van der Waals surface area contributed by atoms with E-state index in [1.807, 2.05) is 0 Å². The highest BCUT2D eigenvalue weighted by molar-refractivity contribution is 5.85. The predicted molar refractivity (Wildman–Crippen MR) is 75.3 cm³/mol. The normalized spacial score (nSPS) is 33.4. The number of hydrogen-bond acceptors (Lipinski definition) is 4. The number of amides is 1. The van der Waals surface area contributed by atoms with Gasteiger partial charge in [-0.2, -0.15) is 0 Å². The summed E-state index contributed by atoms with van der Waals surface area (Å²) in [4.78, 5) is 11.9. The molecule has 1 saturated heterocycles. The number of hydrogen-bond donors (Lipinski definition) is 2. The molecule has 3 N–H and O–H groups in total. The van der Waals surface area contributed by atoms with E-state index in [1.165, 1.54) is 0 Å². The van der Waals surface area contributed by atoms with E-state index in [4.69, 9.17) is 15.2 Å². The number of rotatable bonds is 4. The number of methoxy groups -OCH3 is 1. The molecule has 0 aromatic carbocycles. The van der Waals surface area contributed by atoms with Crippen molar-refractivity contribution in [3.05, 3.63) is 0 Å². The molecule has 0 radical (unpaired) electrons. The summed E-state index contributed by atoms with van der Waals surface area (Å²) in [6.45, 7) is 5.39. The lowest BCUT2D eigenvalue weighted by molar-refractivity contribution is -0.194. The minimum atomic E-state index is -0.589. The van der Waals surface area contributed by atoms with Crippen molar-refractivity contribution in [2.75, 3.05) is 20.3 Å². The lowest BCUT2D eigenvalue weighted by Gasteiger charge is -2.60. The molecular weight excluding hydrogens is 268 g/mol. The molecule has 19 heavy (non-hydrogen) atoms. The number of nitrogens with one attached hydrogen (secondary N) is 1. The first-order valence-electron chi connectivity index (χ1n) is 6.65. The van der Waals surface area contributed by atoms with Crippen molar-refractivity contribution in [1.29, 1.82) is 0 Å². The van der Waals surface area contributed by atoms with Gasteiger partial charge in [-0.1, -0.05) is 13.8 Å². The van der Waals surface area contributed by atoms with Crippen molar-refractivity contribution in [1.82, 2.24) is 5.32 Å². The van der Waals surface area contributed by atoms with Crippen LogP contribution in [0.4, 0.5) is 0 Å². The van der Waals surface area contributed by atoms with Crippen LogP contribution in [0.5, 0.6) is 0 Å². The molecule has 2 rings (SSSR count). The zero-order chi connectivity index (χ0) is 13.3. The number of fused-ring (bicyclic) bond motifs is 1. The molecule has 1 heterocycles. The third-order valence-electron chi connectivity index (χ3n) is 4.31. The minimum Gasteiger partial charge on any atom is -0.383 e. The van der Waals surface area contributed by atoms with Crippen LogP contribution in [0.15, 0.2) is 0 Å². The Kier molecular flexibility index (Phi) is 5.62. The summed E-state index contributed by atoms with van der Waals surface area (Å²) < 4.78 is 10.7. The van der Waals surface area contributed by atoms with Gasteiger partial charge in [-0.3, -0.25) is 4.79 Å². The van der Waals surface area contributed by atoms with E-state index in [-0.39, 0.29) is 42.5 Å². The molecule has 0 aromatic rings. The van der Waals surface area contributed by atoms with Crippen molar-refractivity contribution in [3.63, 3.8) is 0 Å². The van der Waals surface area contributed by atoms with Gasteiger partial charge in [0.2, 0.25) is 5.91 Å². The topological polar surface area (TPSA) is 73.6 Å². The van der Waals surface area contributed by atoms with Crippen molar-refractivity contribution in [3.8, 4) is 0 Å². The first-order chi connectivity index (χ1) is 8.48. The largest absolute Gasteiger partial charge is 0.383 e. The van der Waals surface area contributed by atoms with Crippen LogP contribution in [0, 0.1) is 11.3 Å². The molecule has 2 fully saturated rings. The SMILES string of the molecule is COCC(N)C(=O)NC1C2CCCOC2C1(C)C.Cl. The summed E-state index contributed by atoms with van der Waals surface area (Å²) in [5, 5.41) is 3.07. The van der Waals surface area contributed by atoms with Crippen LogP contribution < -0.4 is 11.1 Å². The number of nitrogens with two attached hydrogens (primary N) is 1. The quantitative estimate of drug-likeness (QED) is 0.800. The van der Waals surface area contributed by atoms with Crippen LogP contribution in [-0.2, 0) is 14.3 Å². The molecule has 1 amide bonds. The Bertz CT molecular complexity index is 325. The molecule has 2 aliphatic rings. The van der Waals surface area contributed by atoms with E-state index >= 15 is 0 Å². The molecule has 1 aliphatic heterocycles. The van der Waals surface area contributed by atoms with Crippen LogP contribution >= 0.6 is 12.4 Å². The number of halogens is 1. The fourth-order valence-corrected chi connectivity index (χ4v) is 3.33. The Morgan fingerprint density at radius 2 is 2.26 bits per heavy atom. The third-order valence-corrected chi connectivity index (χ3v) is 4.31. The van der Waals surface area contributed by atoms with Crippen molar-refractivity contribution in [2.45, 2.75) is 44.9 Å². The Morgan fingerprint density at radius 3 is 2.89 bits per heavy atom. The van der Waals surface area contributed by atoms with Gasteiger partial charge in [0.05, 0.1) is 12.7 Å². The maximum atomic E-state index is 11.9. The average Bonchev–Trinajstić information content (AvgIpc) is 2.36. The summed E-state index contributed by atoms with van der Waals surface area (Å²) in [7, 11) is 1.55. The first-order valence-corrected chi connectivity index (χ1v) is 6.65. The van der Waals surface area contributed by atoms with Gasteiger partial charge >= 0.3 is 0 Å². The number of carbonyl (C=O) groups is 1. The van der Waals surface area contributed by atoms with E-state index in [1.54, 1.807) is 7.11 Å². The highest BCUT2D eigenvalue weighted by Crippen LogP contribution is 2.51. The van der Waals surface area contributed by atoms with Crippen LogP contribution in [0.3, 0.4) is 0 Å². The summed E-state index contributed by atoms with van der Waals surface area (Å²) in [5.41, 5.74) is 5.74. The van der Waals surface area contributed by atoms with E-state index in [2.05, 4.69) is 19.2 Å². The molecule has 0 spiro atoms. The highest BCUT2D eigenvalue weighted by Gasteiger charge is 2.58. The van der Waals surface area contributed by atoms with Gasteiger partial charge < -0.3 is 20.5 Å². The molecular formula is C13H25ClN2O3. The van der Waals surface area contributed by atoms with Crippen LogP contribution in [0.25, 0.3) is 0 Å². The van der Waals surface area contributed by atoms with Gasteiger partial charge in [0.15, 0.2) is 0 Å².